The number of likely N-dealkylation sites (N-methyl/N-ethyl adjacent to an activating group) is 1. The number of nitrogens with zero attached hydrogens (tertiary/aromatic N) is 3. The van der Waals surface area contributed by atoms with Gasteiger partial charge in [0.1, 0.15) is 11.4 Å². The van der Waals surface area contributed by atoms with Crippen LogP contribution in [0.2, 0.25) is 0 Å². The Hall–Kier alpha value is -3.33. The van der Waals surface area contributed by atoms with E-state index in [4.69, 9.17) is 9.26 Å². The van der Waals surface area contributed by atoms with Gasteiger partial charge in [0, 0.05) is 42.9 Å². The number of ether oxygens (including phenoxy) is 1. The summed E-state index contributed by atoms with van der Waals surface area (Å²) in [5.74, 6) is 0.844. The van der Waals surface area contributed by atoms with Crippen molar-refractivity contribution in [2.75, 3.05) is 26.0 Å². The van der Waals surface area contributed by atoms with Crippen molar-refractivity contribution in [3.8, 4) is 11.1 Å². The minimum Gasteiger partial charge on any atom is -0.444 e. The molecule has 2 aromatic carbocycles. The van der Waals surface area contributed by atoms with E-state index in [1.807, 2.05) is 58.9 Å². The van der Waals surface area contributed by atoms with Crippen molar-refractivity contribution in [2.45, 2.75) is 66.5 Å². The van der Waals surface area contributed by atoms with Crippen LogP contribution >= 0.6 is 15.9 Å². The molecule has 3 aromatic rings. The van der Waals surface area contributed by atoms with Crippen LogP contribution in [-0.4, -0.2) is 53.3 Å². The fraction of sp³-hybridized carbons (Fsp3) is 0.433. The van der Waals surface area contributed by atoms with E-state index in [1.54, 1.807) is 19.0 Å². The zero-order chi connectivity index (χ0) is 29.1. The van der Waals surface area contributed by atoms with E-state index in [-0.39, 0.29) is 18.5 Å². The fourth-order valence-corrected chi connectivity index (χ4v) is 5.05. The average Bonchev–Trinajstić information content (AvgIpc) is 3.15. The van der Waals surface area contributed by atoms with Crippen LogP contribution in [0.4, 0.5) is 15.3 Å². The van der Waals surface area contributed by atoms with Gasteiger partial charge in [-0.05, 0) is 94.0 Å². The molecular weight excluding hydrogens is 560 g/mol. The van der Waals surface area contributed by atoms with E-state index >= 15 is 0 Å². The second kappa shape index (κ2) is 12.2. The number of urea groups is 1. The van der Waals surface area contributed by atoms with Crippen LogP contribution in [-0.2, 0) is 11.3 Å². The molecule has 0 fully saturated rings. The number of hydrogen-bond acceptors (Lipinski definition) is 5. The van der Waals surface area contributed by atoms with Crippen LogP contribution in [0, 0.1) is 20.8 Å². The molecule has 3 amide bonds. The molecule has 0 saturated carbocycles. The van der Waals surface area contributed by atoms with Crippen LogP contribution in [0.5, 0.6) is 0 Å². The Labute approximate surface area is 239 Å². The quantitative estimate of drug-likeness (QED) is 0.301. The Morgan fingerprint density at radius 2 is 1.77 bits per heavy atom. The fourth-order valence-electron chi connectivity index (χ4n) is 4.58. The SMILES string of the molecule is Cc1cc(Br)ccc1[C@@H](C)CN(C)C(=O)Nc1ccc(-c2c(C)noc2C)c(CN(C)C(=O)OC(C)(C)C)c1. The van der Waals surface area contributed by atoms with Gasteiger partial charge in [-0.2, -0.15) is 0 Å². The lowest BCUT2D eigenvalue weighted by Crippen LogP contribution is -2.34. The van der Waals surface area contributed by atoms with Gasteiger partial charge in [-0.15, -0.1) is 0 Å². The molecule has 1 aromatic heterocycles. The van der Waals surface area contributed by atoms with E-state index in [9.17, 15) is 9.59 Å². The highest BCUT2D eigenvalue weighted by molar-refractivity contribution is 9.10. The van der Waals surface area contributed by atoms with Crippen molar-refractivity contribution < 1.29 is 18.8 Å². The number of hydrogen-bond donors (Lipinski definition) is 1. The maximum atomic E-state index is 13.1. The molecule has 0 unspecified atom stereocenters. The first-order valence-electron chi connectivity index (χ1n) is 12.9. The first kappa shape index (κ1) is 30.2. The maximum absolute atomic E-state index is 13.1. The summed E-state index contributed by atoms with van der Waals surface area (Å²) in [6.45, 7) is 14.3. The molecule has 0 aliphatic heterocycles. The standard InChI is InChI=1S/C30H39BrN4O4/c1-18-14-23(31)10-12-25(18)19(2)16-34(8)28(36)32-24-11-13-26(27-20(3)33-39-21(27)4)22(15-24)17-35(9)29(37)38-30(5,6)7/h10-15,19H,16-17H2,1-9H3,(H,32,36)/t19-/m0/s1. The van der Waals surface area contributed by atoms with Crippen molar-refractivity contribution >= 4 is 33.7 Å². The molecule has 0 saturated heterocycles. The lowest BCUT2D eigenvalue weighted by atomic mass is 9.96. The van der Waals surface area contributed by atoms with Crippen LogP contribution in [0.1, 0.15) is 61.8 Å². The second-order valence-corrected chi connectivity index (χ2v) is 12.0. The summed E-state index contributed by atoms with van der Waals surface area (Å²) in [4.78, 5) is 29.0. The number of carbonyl (C=O) groups excluding carboxylic acids is 2. The number of aromatic nitrogens is 1. The number of benzene rings is 2. The summed E-state index contributed by atoms with van der Waals surface area (Å²) >= 11 is 3.51. The largest absolute Gasteiger partial charge is 0.444 e. The molecule has 0 radical (unpaired) electrons. The smallest absolute Gasteiger partial charge is 0.410 e. The molecule has 8 nitrogen and oxygen atoms in total. The zero-order valence-corrected chi connectivity index (χ0v) is 25.9. The highest BCUT2D eigenvalue weighted by Crippen LogP contribution is 2.33. The molecule has 0 spiro atoms. The normalized spacial score (nSPS) is 12.2. The predicted octanol–water partition coefficient (Wildman–Crippen LogP) is 7.66. The van der Waals surface area contributed by atoms with Gasteiger partial charge >= 0.3 is 12.1 Å². The number of aryl methyl sites for hydroxylation is 3. The second-order valence-electron chi connectivity index (χ2n) is 11.1. The highest BCUT2D eigenvalue weighted by atomic mass is 79.9. The molecule has 210 valence electrons. The van der Waals surface area contributed by atoms with Crippen molar-refractivity contribution in [3.05, 3.63) is 69.0 Å². The minimum atomic E-state index is -0.609. The lowest BCUT2D eigenvalue weighted by Gasteiger charge is -2.26. The maximum Gasteiger partial charge on any atom is 0.410 e. The van der Waals surface area contributed by atoms with Crippen LogP contribution in [0.15, 0.2) is 45.4 Å². The Balaban J connectivity index is 1.83. The van der Waals surface area contributed by atoms with E-state index in [0.29, 0.717) is 18.0 Å². The highest BCUT2D eigenvalue weighted by Gasteiger charge is 2.23. The first-order valence-corrected chi connectivity index (χ1v) is 13.7. The van der Waals surface area contributed by atoms with Gasteiger partial charge in [0.2, 0.25) is 0 Å². The lowest BCUT2D eigenvalue weighted by molar-refractivity contribution is 0.0285. The number of rotatable bonds is 7. The Bertz CT molecular complexity index is 1330. The topological polar surface area (TPSA) is 87.9 Å². The monoisotopic (exact) mass is 598 g/mol. The van der Waals surface area contributed by atoms with E-state index < -0.39 is 11.7 Å². The Kier molecular flexibility index (Phi) is 9.48. The summed E-state index contributed by atoms with van der Waals surface area (Å²) in [6, 6.07) is 11.7. The van der Waals surface area contributed by atoms with Gasteiger partial charge in [0.05, 0.1) is 5.69 Å². The molecule has 39 heavy (non-hydrogen) atoms. The first-order chi connectivity index (χ1) is 18.2. The Morgan fingerprint density at radius 1 is 1.08 bits per heavy atom. The third-order valence-electron chi connectivity index (χ3n) is 6.43. The summed E-state index contributed by atoms with van der Waals surface area (Å²) in [7, 11) is 3.48. The molecular formula is C30H39BrN4O4. The van der Waals surface area contributed by atoms with Gasteiger partial charge in [-0.3, -0.25) is 0 Å². The third-order valence-corrected chi connectivity index (χ3v) is 6.92. The summed E-state index contributed by atoms with van der Waals surface area (Å²) < 4.78 is 12.0. The molecule has 1 N–H and O–H groups in total. The van der Waals surface area contributed by atoms with Gasteiger partial charge < -0.3 is 24.4 Å². The van der Waals surface area contributed by atoms with Crippen molar-refractivity contribution in [2.24, 2.45) is 0 Å². The van der Waals surface area contributed by atoms with Gasteiger partial charge in [0.25, 0.3) is 0 Å². The zero-order valence-electron chi connectivity index (χ0n) is 24.3. The van der Waals surface area contributed by atoms with Gasteiger partial charge in [-0.25, -0.2) is 9.59 Å². The molecule has 3 rings (SSSR count). The summed E-state index contributed by atoms with van der Waals surface area (Å²) in [5, 5.41) is 7.11. The van der Waals surface area contributed by atoms with Crippen molar-refractivity contribution in [3.63, 3.8) is 0 Å². The predicted molar refractivity (Wildman–Crippen MR) is 158 cm³/mol. The molecule has 1 heterocycles. The molecule has 0 bridgehead atoms. The number of nitrogens with one attached hydrogen (secondary N) is 1. The van der Waals surface area contributed by atoms with Crippen LogP contribution in [0.3, 0.4) is 0 Å². The molecule has 0 aliphatic carbocycles. The molecule has 9 heteroatoms. The number of anilines is 1. The Morgan fingerprint density at radius 3 is 2.36 bits per heavy atom. The molecule has 0 aliphatic rings. The van der Waals surface area contributed by atoms with Crippen LogP contribution < -0.4 is 5.32 Å². The molecule has 1 atom stereocenters. The van der Waals surface area contributed by atoms with Gasteiger partial charge in [0.15, 0.2) is 0 Å². The van der Waals surface area contributed by atoms with E-state index in [2.05, 4.69) is 52.4 Å². The summed E-state index contributed by atoms with van der Waals surface area (Å²) in [6.07, 6.45) is -0.432. The van der Waals surface area contributed by atoms with E-state index in [1.165, 1.54) is 16.0 Å². The number of amides is 3. The van der Waals surface area contributed by atoms with Crippen LogP contribution in [0.25, 0.3) is 11.1 Å². The van der Waals surface area contributed by atoms with Crippen molar-refractivity contribution in [1.82, 2.24) is 15.0 Å². The summed E-state index contributed by atoms with van der Waals surface area (Å²) in [5.41, 5.74) is 5.74. The van der Waals surface area contributed by atoms with E-state index in [0.717, 1.165) is 26.9 Å². The third kappa shape index (κ3) is 7.85. The van der Waals surface area contributed by atoms with Crippen molar-refractivity contribution in [1.29, 1.82) is 0 Å². The number of carbonyl (C=O) groups is 2. The van der Waals surface area contributed by atoms with Gasteiger partial charge in [-0.1, -0.05) is 40.1 Å². The minimum absolute atomic E-state index is 0.161. The number of halogens is 1. The average molecular weight is 600 g/mol.